The van der Waals surface area contributed by atoms with Crippen molar-refractivity contribution >= 4 is 17.3 Å². The van der Waals surface area contributed by atoms with Gasteiger partial charge in [-0.25, -0.2) is 0 Å². The predicted molar refractivity (Wildman–Crippen MR) is 81.2 cm³/mol. The van der Waals surface area contributed by atoms with E-state index in [-0.39, 0.29) is 0 Å². The highest BCUT2D eigenvalue weighted by molar-refractivity contribution is 6.31. The van der Waals surface area contributed by atoms with Crippen molar-refractivity contribution in [3.05, 3.63) is 58.1 Å². The lowest BCUT2D eigenvalue weighted by Crippen LogP contribution is -2.03. The van der Waals surface area contributed by atoms with Crippen molar-refractivity contribution < 1.29 is 4.74 Å². The summed E-state index contributed by atoms with van der Waals surface area (Å²) in [5.41, 5.74) is 4.59. The zero-order valence-corrected chi connectivity index (χ0v) is 12.2. The average molecular weight is 276 g/mol. The Balaban J connectivity index is 2.19. The minimum absolute atomic E-state index is 0.646. The van der Waals surface area contributed by atoms with Crippen LogP contribution in [0.2, 0.25) is 5.02 Å². The van der Waals surface area contributed by atoms with Crippen LogP contribution in [0.25, 0.3) is 0 Å². The van der Waals surface area contributed by atoms with Crippen LogP contribution in [0.3, 0.4) is 0 Å². The van der Waals surface area contributed by atoms with E-state index in [4.69, 9.17) is 16.3 Å². The first-order valence-corrected chi connectivity index (χ1v) is 6.62. The maximum atomic E-state index is 6.22. The van der Waals surface area contributed by atoms with E-state index in [9.17, 15) is 0 Å². The average Bonchev–Trinajstić information content (AvgIpc) is 2.39. The minimum Gasteiger partial charge on any atom is -0.496 e. The van der Waals surface area contributed by atoms with Crippen LogP contribution < -0.4 is 10.1 Å². The molecule has 0 spiro atoms. The van der Waals surface area contributed by atoms with E-state index in [1.165, 1.54) is 11.1 Å². The lowest BCUT2D eigenvalue weighted by Gasteiger charge is -2.14. The van der Waals surface area contributed by atoms with E-state index in [1.54, 1.807) is 7.11 Å². The molecule has 0 aliphatic carbocycles. The molecule has 0 fully saturated rings. The number of ether oxygens (including phenoxy) is 1. The molecule has 2 nitrogen and oxygen atoms in total. The van der Waals surface area contributed by atoms with E-state index in [0.717, 1.165) is 22.0 Å². The number of methoxy groups -OCH3 is 1. The van der Waals surface area contributed by atoms with Gasteiger partial charge in [0.2, 0.25) is 0 Å². The van der Waals surface area contributed by atoms with Crippen LogP contribution in [-0.2, 0) is 6.54 Å². The SMILES string of the molecule is COc1cccc(Cl)c1CNc1ccc(C)cc1C. The summed E-state index contributed by atoms with van der Waals surface area (Å²) >= 11 is 6.22. The van der Waals surface area contributed by atoms with Crippen LogP contribution in [-0.4, -0.2) is 7.11 Å². The summed E-state index contributed by atoms with van der Waals surface area (Å²) in [6.45, 7) is 4.83. The predicted octanol–water partition coefficient (Wildman–Crippen LogP) is 4.58. The summed E-state index contributed by atoms with van der Waals surface area (Å²) in [7, 11) is 1.66. The summed E-state index contributed by atoms with van der Waals surface area (Å²) in [4.78, 5) is 0. The minimum atomic E-state index is 0.646. The Morgan fingerprint density at radius 3 is 2.63 bits per heavy atom. The van der Waals surface area contributed by atoms with Crippen molar-refractivity contribution in [1.82, 2.24) is 0 Å². The molecule has 0 saturated carbocycles. The van der Waals surface area contributed by atoms with E-state index in [2.05, 4.69) is 37.4 Å². The van der Waals surface area contributed by atoms with E-state index >= 15 is 0 Å². The number of anilines is 1. The van der Waals surface area contributed by atoms with Gasteiger partial charge in [0.05, 0.1) is 7.11 Å². The van der Waals surface area contributed by atoms with Crippen LogP contribution in [0.5, 0.6) is 5.75 Å². The third-order valence-electron chi connectivity index (χ3n) is 3.13. The maximum Gasteiger partial charge on any atom is 0.125 e. The Morgan fingerprint density at radius 2 is 1.95 bits per heavy atom. The first kappa shape index (κ1) is 13.8. The topological polar surface area (TPSA) is 21.3 Å². The molecule has 0 aromatic heterocycles. The molecule has 0 aliphatic heterocycles. The van der Waals surface area contributed by atoms with Gasteiger partial charge in [0, 0.05) is 22.8 Å². The lowest BCUT2D eigenvalue weighted by molar-refractivity contribution is 0.410. The quantitative estimate of drug-likeness (QED) is 0.882. The molecule has 3 heteroatoms. The molecule has 2 aromatic rings. The smallest absolute Gasteiger partial charge is 0.125 e. The second-order valence-electron chi connectivity index (χ2n) is 4.59. The van der Waals surface area contributed by atoms with Crippen molar-refractivity contribution in [3.8, 4) is 5.75 Å². The molecule has 0 heterocycles. The van der Waals surface area contributed by atoms with Gasteiger partial charge in [0.15, 0.2) is 0 Å². The molecule has 19 heavy (non-hydrogen) atoms. The first-order chi connectivity index (χ1) is 9.11. The van der Waals surface area contributed by atoms with Crippen LogP contribution in [0, 0.1) is 13.8 Å². The number of rotatable bonds is 4. The first-order valence-electron chi connectivity index (χ1n) is 6.24. The molecule has 0 saturated heterocycles. The Bertz CT molecular complexity index is 581. The van der Waals surface area contributed by atoms with Crippen LogP contribution >= 0.6 is 11.6 Å². The third kappa shape index (κ3) is 3.21. The van der Waals surface area contributed by atoms with Crippen molar-refractivity contribution in [2.75, 3.05) is 12.4 Å². The van der Waals surface area contributed by atoms with Gasteiger partial charge in [-0.05, 0) is 37.6 Å². The molecule has 2 aromatic carbocycles. The molecule has 0 aliphatic rings. The van der Waals surface area contributed by atoms with Gasteiger partial charge in [-0.15, -0.1) is 0 Å². The van der Waals surface area contributed by atoms with Gasteiger partial charge in [0.25, 0.3) is 0 Å². The van der Waals surface area contributed by atoms with E-state index in [0.29, 0.717) is 6.54 Å². The molecule has 0 radical (unpaired) electrons. The van der Waals surface area contributed by atoms with Gasteiger partial charge in [0.1, 0.15) is 5.75 Å². The van der Waals surface area contributed by atoms with Crippen LogP contribution in [0.4, 0.5) is 5.69 Å². The second-order valence-corrected chi connectivity index (χ2v) is 5.00. The number of halogens is 1. The highest BCUT2D eigenvalue weighted by Crippen LogP contribution is 2.27. The van der Waals surface area contributed by atoms with Crippen molar-refractivity contribution in [2.24, 2.45) is 0 Å². The Labute approximate surface area is 119 Å². The van der Waals surface area contributed by atoms with Gasteiger partial charge in [-0.2, -0.15) is 0 Å². The standard InChI is InChI=1S/C16H18ClNO/c1-11-7-8-15(12(2)9-11)18-10-13-14(17)5-4-6-16(13)19-3/h4-9,18H,10H2,1-3H3. The van der Waals surface area contributed by atoms with Gasteiger partial charge >= 0.3 is 0 Å². The summed E-state index contributed by atoms with van der Waals surface area (Å²) in [6.07, 6.45) is 0. The Morgan fingerprint density at radius 1 is 1.16 bits per heavy atom. The van der Waals surface area contributed by atoms with Crippen molar-refractivity contribution in [3.63, 3.8) is 0 Å². The largest absolute Gasteiger partial charge is 0.496 e. The monoisotopic (exact) mass is 275 g/mol. The number of hydrogen-bond donors (Lipinski definition) is 1. The number of nitrogens with one attached hydrogen (secondary N) is 1. The zero-order valence-electron chi connectivity index (χ0n) is 11.5. The molecule has 0 atom stereocenters. The Kier molecular flexibility index (Phi) is 4.33. The molecular weight excluding hydrogens is 258 g/mol. The number of hydrogen-bond acceptors (Lipinski definition) is 2. The molecular formula is C16H18ClNO. The lowest BCUT2D eigenvalue weighted by atomic mass is 10.1. The summed E-state index contributed by atoms with van der Waals surface area (Å²) in [6, 6.07) is 12.0. The summed E-state index contributed by atoms with van der Waals surface area (Å²) in [5.74, 6) is 0.810. The molecule has 0 bridgehead atoms. The highest BCUT2D eigenvalue weighted by Gasteiger charge is 2.07. The van der Waals surface area contributed by atoms with Crippen molar-refractivity contribution in [2.45, 2.75) is 20.4 Å². The fourth-order valence-electron chi connectivity index (χ4n) is 2.10. The Hall–Kier alpha value is -1.67. The molecule has 100 valence electrons. The maximum absolute atomic E-state index is 6.22. The molecule has 1 N–H and O–H groups in total. The van der Waals surface area contributed by atoms with E-state index < -0.39 is 0 Å². The number of benzene rings is 2. The van der Waals surface area contributed by atoms with Crippen LogP contribution in [0.15, 0.2) is 36.4 Å². The van der Waals surface area contributed by atoms with Gasteiger partial charge in [-0.3, -0.25) is 0 Å². The highest BCUT2D eigenvalue weighted by atomic mass is 35.5. The molecule has 0 unspecified atom stereocenters. The number of aryl methyl sites for hydroxylation is 2. The zero-order chi connectivity index (χ0) is 13.8. The fourth-order valence-corrected chi connectivity index (χ4v) is 2.33. The summed E-state index contributed by atoms with van der Waals surface area (Å²) in [5, 5.41) is 4.13. The van der Waals surface area contributed by atoms with Crippen molar-refractivity contribution in [1.29, 1.82) is 0 Å². The van der Waals surface area contributed by atoms with E-state index in [1.807, 2.05) is 18.2 Å². The normalized spacial score (nSPS) is 10.3. The van der Waals surface area contributed by atoms with Crippen LogP contribution in [0.1, 0.15) is 16.7 Å². The summed E-state index contributed by atoms with van der Waals surface area (Å²) < 4.78 is 5.34. The molecule has 0 amide bonds. The third-order valence-corrected chi connectivity index (χ3v) is 3.49. The molecule has 2 rings (SSSR count). The second kappa shape index (κ2) is 5.98. The fraction of sp³-hybridized carbons (Fsp3) is 0.250. The van der Waals surface area contributed by atoms with Gasteiger partial charge < -0.3 is 10.1 Å². The van der Waals surface area contributed by atoms with Gasteiger partial charge in [-0.1, -0.05) is 35.4 Å².